The highest BCUT2D eigenvalue weighted by Crippen LogP contribution is 2.39. The van der Waals surface area contributed by atoms with Crippen LogP contribution >= 0.6 is 39.3 Å². The molecule has 0 radical (unpaired) electrons. The highest BCUT2D eigenvalue weighted by atomic mass is 79.9. The fraction of sp³-hybridized carbons (Fsp3) is 0.357. The number of rotatable bonds is 9. The van der Waals surface area contributed by atoms with Crippen LogP contribution in [0.5, 0.6) is 17.2 Å². The average molecular weight is 632 g/mol. The quantitative estimate of drug-likeness (QED) is 0.233. The van der Waals surface area contributed by atoms with Crippen molar-refractivity contribution >= 4 is 67.3 Å². The van der Waals surface area contributed by atoms with Crippen LogP contribution in [0, 0.1) is 11.3 Å². The maximum absolute atomic E-state index is 12.9. The summed E-state index contributed by atoms with van der Waals surface area (Å²) in [5.41, 5.74) is 0.736. The first kappa shape index (κ1) is 27.7. The molecule has 1 saturated carbocycles. The number of nitrogens with zero attached hydrogens (tertiary/aromatic N) is 3. The average Bonchev–Trinajstić information content (AvgIpc) is 3.36. The van der Waals surface area contributed by atoms with E-state index in [4.69, 9.17) is 31.2 Å². The van der Waals surface area contributed by atoms with Gasteiger partial charge >= 0.3 is 0 Å². The second kappa shape index (κ2) is 12.6. The molecule has 11 heteroatoms. The van der Waals surface area contributed by atoms with E-state index in [1.807, 2.05) is 31.2 Å². The minimum atomic E-state index is -0.474. The number of fused-ring (bicyclic) bond motifs is 1. The smallest absolute Gasteiger partial charge is 0.283 e. The first-order valence-corrected chi connectivity index (χ1v) is 14.9. The number of halogens is 2. The maximum atomic E-state index is 12.9. The van der Waals surface area contributed by atoms with Crippen LogP contribution < -0.4 is 14.2 Å². The molecule has 204 valence electrons. The topological polar surface area (TPSA) is 96.6 Å². The van der Waals surface area contributed by atoms with Gasteiger partial charge in [-0.2, -0.15) is 15.1 Å². The van der Waals surface area contributed by atoms with Crippen LogP contribution in [0.3, 0.4) is 0 Å². The number of amides is 1. The standard InChI is InChI=1S/C28H28BrClN4O4S/c1-2-36-23-16-17(15-22(30)24(23)38-13-12-37-20-10-8-19(29)9-11-20)14-21-25(31)34-28(32-26(21)35)39-27(33-34)18-6-4-3-5-7-18/h8-11,14-16,18,31H,2-7,12-13H2,1H3/b21-14-,31-25?. The Morgan fingerprint density at radius 1 is 1.13 bits per heavy atom. The Morgan fingerprint density at radius 3 is 2.62 bits per heavy atom. The molecule has 0 bridgehead atoms. The van der Waals surface area contributed by atoms with Crippen molar-refractivity contribution in [2.75, 3.05) is 19.8 Å². The number of thioether (sulfide) groups is 1. The zero-order chi connectivity index (χ0) is 27.4. The predicted octanol–water partition coefficient (Wildman–Crippen LogP) is 7.16. The van der Waals surface area contributed by atoms with Crippen molar-refractivity contribution in [1.29, 1.82) is 5.41 Å². The van der Waals surface area contributed by atoms with Gasteiger partial charge in [-0.1, -0.05) is 46.8 Å². The van der Waals surface area contributed by atoms with Crippen molar-refractivity contribution in [3.05, 3.63) is 57.0 Å². The molecule has 1 fully saturated rings. The van der Waals surface area contributed by atoms with Gasteiger partial charge in [0.1, 0.15) is 24.0 Å². The summed E-state index contributed by atoms with van der Waals surface area (Å²) in [6, 6.07) is 11.0. The van der Waals surface area contributed by atoms with Crippen molar-refractivity contribution in [2.45, 2.75) is 39.0 Å². The Hall–Kier alpha value is -2.82. The van der Waals surface area contributed by atoms with Crippen LogP contribution in [0.4, 0.5) is 0 Å². The maximum Gasteiger partial charge on any atom is 0.283 e. The van der Waals surface area contributed by atoms with E-state index in [2.05, 4.69) is 26.0 Å². The zero-order valence-electron chi connectivity index (χ0n) is 21.4. The number of carbonyl (C=O) groups excluding carboxylic acids is 1. The molecule has 2 heterocycles. The van der Waals surface area contributed by atoms with E-state index < -0.39 is 5.91 Å². The van der Waals surface area contributed by atoms with Crippen LogP contribution in [-0.2, 0) is 4.79 Å². The summed E-state index contributed by atoms with van der Waals surface area (Å²) in [7, 11) is 0. The number of hydrogen-bond donors (Lipinski definition) is 1. The van der Waals surface area contributed by atoms with Gasteiger partial charge in [-0.25, -0.2) is 0 Å². The monoisotopic (exact) mass is 630 g/mol. The van der Waals surface area contributed by atoms with Gasteiger partial charge in [0, 0.05) is 10.4 Å². The molecule has 1 N–H and O–H groups in total. The first-order chi connectivity index (χ1) is 18.9. The molecule has 8 nitrogen and oxygen atoms in total. The second-order valence-corrected chi connectivity index (χ2v) is 11.5. The van der Waals surface area contributed by atoms with Crippen LogP contribution in [-0.4, -0.2) is 46.8 Å². The minimum absolute atomic E-state index is 0.00260. The van der Waals surface area contributed by atoms with Gasteiger partial charge in [0.05, 0.1) is 17.2 Å². The summed E-state index contributed by atoms with van der Waals surface area (Å²) >= 11 is 11.4. The SMILES string of the molecule is CCOc1cc(/C=C2/C(=N)N3N=C(C4CCCCC4)SC3=NC2=O)cc(Cl)c1OCCOc1ccc(Br)cc1. The highest BCUT2D eigenvalue weighted by Gasteiger charge is 2.38. The number of aliphatic imine (C=N–C) groups is 1. The van der Waals surface area contributed by atoms with Crippen molar-refractivity contribution in [3.63, 3.8) is 0 Å². The van der Waals surface area contributed by atoms with E-state index in [1.54, 1.807) is 18.2 Å². The molecule has 3 aliphatic rings. The molecule has 2 aromatic rings. The number of hydrogen-bond acceptors (Lipinski definition) is 7. The van der Waals surface area contributed by atoms with E-state index >= 15 is 0 Å². The van der Waals surface area contributed by atoms with Crippen LogP contribution in [0.2, 0.25) is 5.02 Å². The Morgan fingerprint density at radius 2 is 1.87 bits per heavy atom. The fourth-order valence-corrected chi connectivity index (χ4v) is 6.19. The van der Waals surface area contributed by atoms with E-state index in [0.29, 0.717) is 46.4 Å². The second-order valence-electron chi connectivity index (χ2n) is 9.21. The summed E-state index contributed by atoms with van der Waals surface area (Å²) in [5.74, 6) is 1.46. The highest BCUT2D eigenvalue weighted by molar-refractivity contribution is 9.10. The van der Waals surface area contributed by atoms with Crippen LogP contribution in [0.15, 0.2) is 56.5 Å². The lowest BCUT2D eigenvalue weighted by Crippen LogP contribution is -2.35. The van der Waals surface area contributed by atoms with Gasteiger partial charge < -0.3 is 14.2 Å². The lowest BCUT2D eigenvalue weighted by molar-refractivity contribution is -0.114. The molecule has 0 saturated heterocycles. The molecular formula is C28H28BrClN4O4S. The molecule has 0 atom stereocenters. The third kappa shape index (κ3) is 6.50. The molecule has 39 heavy (non-hydrogen) atoms. The first-order valence-electron chi connectivity index (χ1n) is 12.9. The van der Waals surface area contributed by atoms with Crippen molar-refractivity contribution in [1.82, 2.24) is 5.01 Å². The number of ether oxygens (including phenoxy) is 3. The molecule has 2 aliphatic heterocycles. The Kier molecular flexibility index (Phi) is 8.94. The third-order valence-electron chi connectivity index (χ3n) is 6.48. The van der Waals surface area contributed by atoms with Gasteiger partial charge in [0.2, 0.25) is 5.17 Å². The molecule has 0 aromatic heterocycles. The Balaban J connectivity index is 1.31. The van der Waals surface area contributed by atoms with E-state index in [1.165, 1.54) is 36.0 Å². The summed E-state index contributed by atoms with van der Waals surface area (Å²) in [6.07, 6.45) is 7.37. The van der Waals surface area contributed by atoms with Gasteiger partial charge in [0.25, 0.3) is 5.91 Å². The van der Waals surface area contributed by atoms with Gasteiger partial charge in [0.15, 0.2) is 17.3 Å². The van der Waals surface area contributed by atoms with Crippen molar-refractivity contribution in [3.8, 4) is 17.2 Å². The molecule has 2 aromatic carbocycles. The fourth-order valence-electron chi connectivity index (χ4n) is 4.60. The number of hydrazone groups is 1. The van der Waals surface area contributed by atoms with Crippen LogP contribution in [0.1, 0.15) is 44.6 Å². The number of carbonyl (C=O) groups is 1. The predicted molar refractivity (Wildman–Crippen MR) is 159 cm³/mol. The van der Waals surface area contributed by atoms with E-state index in [-0.39, 0.29) is 18.0 Å². The Labute approximate surface area is 245 Å². The molecule has 0 unspecified atom stereocenters. The van der Waals surface area contributed by atoms with Crippen molar-refractivity contribution < 1.29 is 19.0 Å². The number of benzene rings is 2. The molecule has 1 amide bonds. The molecule has 1 aliphatic carbocycles. The lowest BCUT2D eigenvalue weighted by atomic mass is 9.90. The summed E-state index contributed by atoms with van der Waals surface area (Å²) in [5, 5.41) is 16.6. The Bertz CT molecular complexity index is 1360. The lowest BCUT2D eigenvalue weighted by Gasteiger charge is -2.20. The largest absolute Gasteiger partial charge is 0.490 e. The van der Waals surface area contributed by atoms with Gasteiger partial charge in [-0.3, -0.25) is 10.2 Å². The van der Waals surface area contributed by atoms with Gasteiger partial charge in [-0.05, 0) is 79.6 Å². The van der Waals surface area contributed by atoms with Gasteiger partial charge in [-0.15, -0.1) is 0 Å². The summed E-state index contributed by atoms with van der Waals surface area (Å²) < 4.78 is 18.4. The van der Waals surface area contributed by atoms with Crippen molar-refractivity contribution in [2.24, 2.45) is 16.0 Å². The van der Waals surface area contributed by atoms with E-state index in [9.17, 15) is 4.79 Å². The number of nitrogens with one attached hydrogen (secondary N) is 1. The molecule has 0 spiro atoms. The normalized spacial score (nSPS) is 18.6. The summed E-state index contributed by atoms with van der Waals surface area (Å²) in [6.45, 7) is 2.83. The zero-order valence-corrected chi connectivity index (χ0v) is 24.6. The molecule has 5 rings (SSSR count). The number of amidine groups is 2. The molecular weight excluding hydrogens is 604 g/mol. The third-order valence-corrected chi connectivity index (χ3v) is 8.36. The summed E-state index contributed by atoms with van der Waals surface area (Å²) in [4.78, 5) is 17.1. The van der Waals surface area contributed by atoms with Crippen LogP contribution in [0.25, 0.3) is 6.08 Å². The minimum Gasteiger partial charge on any atom is -0.490 e. The van der Waals surface area contributed by atoms with E-state index in [0.717, 1.165) is 28.1 Å².